The van der Waals surface area contributed by atoms with Crippen LogP contribution < -0.4 is 5.32 Å². The molecule has 1 aromatic heterocycles. The Labute approximate surface area is 117 Å². The molecule has 19 heavy (non-hydrogen) atoms. The van der Waals surface area contributed by atoms with Gasteiger partial charge < -0.3 is 5.32 Å². The number of hydrogen-bond acceptors (Lipinski definition) is 2. The van der Waals surface area contributed by atoms with Gasteiger partial charge in [0, 0.05) is 23.7 Å². The van der Waals surface area contributed by atoms with Crippen LogP contribution in [0.2, 0.25) is 5.02 Å². The van der Waals surface area contributed by atoms with E-state index in [1.165, 1.54) is 17.7 Å². The van der Waals surface area contributed by atoms with Crippen molar-refractivity contribution in [2.75, 3.05) is 11.9 Å². The highest BCUT2D eigenvalue weighted by Gasteiger charge is 2.21. The van der Waals surface area contributed by atoms with Crippen molar-refractivity contribution < 1.29 is 4.39 Å². The van der Waals surface area contributed by atoms with E-state index in [-0.39, 0.29) is 5.82 Å². The molecule has 0 amide bonds. The van der Waals surface area contributed by atoms with E-state index in [2.05, 4.69) is 17.2 Å². The van der Waals surface area contributed by atoms with E-state index in [1.807, 2.05) is 0 Å². The molecular weight excluding hydrogens is 263 g/mol. The van der Waals surface area contributed by atoms with Gasteiger partial charge in [-0.25, -0.2) is 4.39 Å². The normalized spacial score (nSPS) is 13.8. The molecule has 1 aromatic carbocycles. The van der Waals surface area contributed by atoms with Crippen LogP contribution in [0.4, 0.5) is 10.1 Å². The zero-order chi connectivity index (χ0) is 13.4. The minimum absolute atomic E-state index is 0.329. The van der Waals surface area contributed by atoms with Gasteiger partial charge >= 0.3 is 0 Å². The lowest BCUT2D eigenvalue weighted by atomic mass is 10.1. The van der Waals surface area contributed by atoms with Gasteiger partial charge in [0.05, 0.1) is 16.2 Å². The average Bonchev–Trinajstić information content (AvgIpc) is 2.82. The number of nitrogens with one attached hydrogen (secondary N) is 1. The van der Waals surface area contributed by atoms with E-state index in [0.717, 1.165) is 49.0 Å². The molecule has 1 heterocycles. The first-order valence-corrected chi connectivity index (χ1v) is 7.13. The maximum Gasteiger partial charge on any atom is 0.126 e. The Kier molecular flexibility index (Phi) is 3.31. The third-order valence-electron chi connectivity index (χ3n) is 3.58. The Bertz CT molecular complexity index is 640. The van der Waals surface area contributed by atoms with Crippen molar-refractivity contribution in [3.05, 3.63) is 34.2 Å². The quantitative estimate of drug-likeness (QED) is 0.903. The summed E-state index contributed by atoms with van der Waals surface area (Å²) in [4.78, 5) is 4.58. The Morgan fingerprint density at radius 3 is 3.00 bits per heavy atom. The summed E-state index contributed by atoms with van der Waals surface area (Å²) in [5.74, 6) is -0.329. The third-order valence-corrected chi connectivity index (χ3v) is 3.88. The molecule has 1 aliphatic rings. The molecule has 1 N–H and O–H groups in total. The molecule has 0 fully saturated rings. The minimum Gasteiger partial charge on any atom is -0.384 e. The second kappa shape index (κ2) is 4.97. The van der Waals surface area contributed by atoms with Gasteiger partial charge in [0.15, 0.2) is 0 Å². The van der Waals surface area contributed by atoms with E-state index in [1.54, 1.807) is 0 Å². The first-order valence-electron chi connectivity index (χ1n) is 6.75. The van der Waals surface area contributed by atoms with Crippen LogP contribution in [-0.4, -0.2) is 11.5 Å². The number of aryl methyl sites for hydroxylation is 1. The Morgan fingerprint density at radius 2 is 2.21 bits per heavy atom. The van der Waals surface area contributed by atoms with Crippen LogP contribution in [0.25, 0.3) is 10.9 Å². The van der Waals surface area contributed by atoms with E-state index in [9.17, 15) is 4.39 Å². The van der Waals surface area contributed by atoms with Crippen molar-refractivity contribution in [2.45, 2.75) is 32.6 Å². The number of anilines is 1. The summed E-state index contributed by atoms with van der Waals surface area (Å²) < 4.78 is 13.5. The maximum atomic E-state index is 13.5. The highest BCUT2D eigenvalue weighted by molar-refractivity contribution is 6.36. The van der Waals surface area contributed by atoms with Crippen molar-refractivity contribution >= 4 is 28.2 Å². The number of hydrogen-bond donors (Lipinski definition) is 1. The van der Waals surface area contributed by atoms with Crippen LogP contribution >= 0.6 is 11.6 Å². The topological polar surface area (TPSA) is 24.9 Å². The number of benzene rings is 1. The molecule has 0 unspecified atom stereocenters. The second-order valence-corrected chi connectivity index (χ2v) is 5.38. The zero-order valence-electron chi connectivity index (χ0n) is 10.9. The van der Waals surface area contributed by atoms with Crippen molar-refractivity contribution in [3.63, 3.8) is 0 Å². The van der Waals surface area contributed by atoms with Crippen molar-refractivity contribution in [1.82, 2.24) is 4.98 Å². The average molecular weight is 279 g/mol. The maximum absolute atomic E-state index is 13.5. The largest absolute Gasteiger partial charge is 0.384 e. The van der Waals surface area contributed by atoms with Gasteiger partial charge in [0.1, 0.15) is 5.82 Å². The monoisotopic (exact) mass is 278 g/mol. The number of rotatable bonds is 3. The summed E-state index contributed by atoms with van der Waals surface area (Å²) >= 11 is 6.23. The van der Waals surface area contributed by atoms with Gasteiger partial charge in [0.2, 0.25) is 0 Å². The fourth-order valence-electron chi connectivity index (χ4n) is 2.76. The van der Waals surface area contributed by atoms with Crippen LogP contribution in [0.15, 0.2) is 12.1 Å². The van der Waals surface area contributed by atoms with Crippen LogP contribution in [0, 0.1) is 5.82 Å². The summed E-state index contributed by atoms with van der Waals surface area (Å²) in [6, 6.07) is 2.83. The molecule has 0 radical (unpaired) electrons. The minimum atomic E-state index is -0.329. The Hall–Kier alpha value is -1.35. The van der Waals surface area contributed by atoms with Crippen LogP contribution in [0.1, 0.15) is 31.0 Å². The van der Waals surface area contributed by atoms with E-state index < -0.39 is 0 Å². The molecule has 3 rings (SSSR count). The lowest BCUT2D eigenvalue weighted by Gasteiger charge is -2.15. The molecule has 1 aliphatic carbocycles. The lowest BCUT2D eigenvalue weighted by Crippen LogP contribution is -2.05. The number of halogens is 2. The van der Waals surface area contributed by atoms with Crippen LogP contribution in [0.5, 0.6) is 0 Å². The highest BCUT2D eigenvalue weighted by Crippen LogP contribution is 2.38. The fourth-order valence-corrected chi connectivity index (χ4v) is 3.05. The van der Waals surface area contributed by atoms with Crippen LogP contribution in [-0.2, 0) is 12.8 Å². The third kappa shape index (κ3) is 2.16. The first-order chi connectivity index (χ1) is 9.20. The summed E-state index contributed by atoms with van der Waals surface area (Å²) in [7, 11) is 0. The van der Waals surface area contributed by atoms with Gasteiger partial charge in [0.25, 0.3) is 0 Å². The number of pyridine rings is 1. The standard InChI is InChI=1S/C15H16ClFN2/c1-2-6-18-15-10-4-3-5-12(10)19-13-8-9(17)7-11(16)14(13)15/h7-8H,2-6H2,1H3,(H,18,19). The van der Waals surface area contributed by atoms with Crippen molar-refractivity contribution in [1.29, 1.82) is 0 Å². The van der Waals surface area contributed by atoms with E-state index in [4.69, 9.17) is 11.6 Å². The Balaban J connectivity index is 2.28. The van der Waals surface area contributed by atoms with E-state index in [0.29, 0.717) is 10.5 Å². The summed E-state index contributed by atoms with van der Waals surface area (Å²) in [5.41, 5.74) is 4.07. The van der Waals surface area contributed by atoms with E-state index >= 15 is 0 Å². The molecular formula is C15H16ClFN2. The summed E-state index contributed by atoms with van der Waals surface area (Å²) in [6.07, 6.45) is 4.15. The highest BCUT2D eigenvalue weighted by atomic mass is 35.5. The molecule has 2 aromatic rings. The van der Waals surface area contributed by atoms with Gasteiger partial charge in [-0.3, -0.25) is 4.98 Å². The van der Waals surface area contributed by atoms with Gasteiger partial charge in [-0.1, -0.05) is 18.5 Å². The lowest BCUT2D eigenvalue weighted by molar-refractivity contribution is 0.629. The molecule has 100 valence electrons. The predicted octanol–water partition coefficient (Wildman–Crippen LogP) is 4.34. The summed E-state index contributed by atoms with van der Waals surface area (Å²) in [5, 5.41) is 4.75. The molecule has 0 atom stereocenters. The predicted molar refractivity (Wildman–Crippen MR) is 77.5 cm³/mol. The first kappa shape index (κ1) is 12.7. The molecule has 0 bridgehead atoms. The smallest absolute Gasteiger partial charge is 0.126 e. The molecule has 0 spiro atoms. The van der Waals surface area contributed by atoms with Gasteiger partial charge in [-0.2, -0.15) is 0 Å². The van der Waals surface area contributed by atoms with Gasteiger partial charge in [-0.15, -0.1) is 0 Å². The molecule has 4 heteroatoms. The number of aromatic nitrogens is 1. The molecule has 0 saturated carbocycles. The number of fused-ring (bicyclic) bond motifs is 2. The second-order valence-electron chi connectivity index (χ2n) is 4.97. The molecule has 0 saturated heterocycles. The zero-order valence-corrected chi connectivity index (χ0v) is 11.6. The summed E-state index contributed by atoms with van der Waals surface area (Å²) in [6.45, 7) is 3.01. The van der Waals surface area contributed by atoms with Gasteiger partial charge in [-0.05, 0) is 37.3 Å². The van der Waals surface area contributed by atoms with Crippen molar-refractivity contribution in [2.24, 2.45) is 0 Å². The van der Waals surface area contributed by atoms with Crippen LogP contribution in [0.3, 0.4) is 0 Å². The number of nitrogens with zero attached hydrogens (tertiary/aromatic N) is 1. The fraction of sp³-hybridized carbons (Fsp3) is 0.400. The Morgan fingerprint density at radius 1 is 1.37 bits per heavy atom. The molecule has 2 nitrogen and oxygen atoms in total. The SMILES string of the molecule is CCCNc1c2c(nc3cc(F)cc(Cl)c13)CCC2. The van der Waals surface area contributed by atoms with Crippen molar-refractivity contribution in [3.8, 4) is 0 Å². The molecule has 0 aliphatic heterocycles.